The van der Waals surface area contributed by atoms with Gasteiger partial charge in [-0.1, -0.05) is 0 Å². The predicted molar refractivity (Wildman–Crippen MR) is 56.6 cm³/mol. The van der Waals surface area contributed by atoms with Gasteiger partial charge in [0.05, 0.1) is 12.8 Å². The Bertz CT molecular complexity index is 420. The lowest BCUT2D eigenvalue weighted by atomic mass is 10.2. The Hall–Kier alpha value is -1.99. The smallest absolute Gasteiger partial charge is 0.419 e. The third-order valence-corrected chi connectivity index (χ3v) is 2.12. The Morgan fingerprint density at radius 3 is 2.72 bits per heavy atom. The zero-order valence-corrected chi connectivity index (χ0v) is 9.94. The minimum atomic E-state index is -4.17. The molecule has 0 saturated heterocycles. The summed E-state index contributed by atoms with van der Waals surface area (Å²) < 4.78 is 30.9. The summed E-state index contributed by atoms with van der Waals surface area (Å²) in [5, 5.41) is 6.11. The fourth-order valence-electron chi connectivity index (χ4n) is 1.26. The van der Waals surface area contributed by atoms with E-state index in [-0.39, 0.29) is 13.2 Å². The highest BCUT2D eigenvalue weighted by molar-refractivity contribution is 6.03. The fraction of sp³-hybridized carbons (Fsp3) is 0.500. The molecule has 1 heterocycles. The first-order valence-corrected chi connectivity index (χ1v) is 5.17. The second kappa shape index (κ2) is 5.56. The van der Waals surface area contributed by atoms with Crippen molar-refractivity contribution in [3.63, 3.8) is 0 Å². The summed E-state index contributed by atoms with van der Waals surface area (Å²) in [5.41, 5.74) is 0.547. The number of hydrogen-bond acceptors (Lipinski definition) is 4. The van der Waals surface area contributed by atoms with Gasteiger partial charge in [-0.05, 0) is 6.92 Å². The lowest BCUT2D eigenvalue weighted by Crippen LogP contribution is -2.47. The van der Waals surface area contributed by atoms with Crippen LogP contribution in [0.1, 0.15) is 12.5 Å². The van der Waals surface area contributed by atoms with Crippen molar-refractivity contribution in [1.82, 2.24) is 15.1 Å². The monoisotopic (exact) mass is 261 g/mol. The number of rotatable bonds is 5. The molecule has 100 valence electrons. The molecule has 1 N–H and O–H groups in total. The molecular formula is C10H13F2N3O3. The summed E-state index contributed by atoms with van der Waals surface area (Å²) in [6.45, 7) is 1.09. The van der Waals surface area contributed by atoms with Gasteiger partial charge in [0.2, 0.25) is 0 Å². The van der Waals surface area contributed by atoms with E-state index in [0.29, 0.717) is 5.56 Å². The quantitative estimate of drug-likeness (QED) is 0.621. The highest BCUT2D eigenvalue weighted by Crippen LogP contribution is 2.19. The molecule has 18 heavy (non-hydrogen) atoms. The van der Waals surface area contributed by atoms with Crippen LogP contribution in [0.5, 0.6) is 0 Å². The molecule has 8 heteroatoms. The molecule has 6 nitrogen and oxygen atoms in total. The molecule has 0 atom stereocenters. The normalized spacial score (nSPS) is 11.1. The molecule has 0 aliphatic carbocycles. The SMILES string of the molecule is CCOC(=O)C(F)(F)C(=O)N(C)Cc1cn[nH]c1. The van der Waals surface area contributed by atoms with Crippen molar-refractivity contribution < 1.29 is 23.1 Å². The van der Waals surface area contributed by atoms with Crippen molar-refractivity contribution in [3.05, 3.63) is 18.0 Å². The van der Waals surface area contributed by atoms with Crippen LogP contribution in [-0.2, 0) is 20.9 Å². The first-order valence-electron chi connectivity index (χ1n) is 5.17. The van der Waals surface area contributed by atoms with Crippen LogP contribution in [-0.4, -0.2) is 46.6 Å². The molecular weight excluding hydrogens is 248 g/mol. The molecule has 0 spiro atoms. The van der Waals surface area contributed by atoms with Gasteiger partial charge in [-0.25, -0.2) is 4.79 Å². The van der Waals surface area contributed by atoms with E-state index >= 15 is 0 Å². The molecule has 0 bridgehead atoms. The van der Waals surface area contributed by atoms with Crippen molar-refractivity contribution in [2.75, 3.05) is 13.7 Å². The van der Waals surface area contributed by atoms with E-state index < -0.39 is 17.8 Å². The summed E-state index contributed by atoms with van der Waals surface area (Å²) in [7, 11) is 1.17. The number of aromatic nitrogens is 2. The highest BCUT2D eigenvalue weighted by Gasteiger charge is 2.50. The summed E-state index contributed by atoms with van der Waals surface area (Å²) in [4.78, 5) is 23.2. The number of nitrogens with one attached hydrogen (secondary N) is 1. The molecule has 0 unspecified atom stereocenters. The first kappa shape index (κ1) is 14.1. The molecule has 1 aromatic rings. The fourth-order valence-corrected chi connectivity index (χ4v) is 1.26. The maximum Gasteiger partial charge on any atom is 0.419 e. The minimum Gasteiger partial charge on any atom is -0.461 e. The molecule has 0 saturated carbocycles. The second-order valence-electron chi connectivity index (χ2n) is 3.56. The summed E-state index contributed by atoms with van der Waals surface area (Å²) in [5.74, 6) is -7.62. The van der Waals surface area contributed by atoms with Crippen LogP contribution in [0.15, 0.2) is 12.4 Å². The van der Waals surface area contributed by atoms with Crippen LogP contribution in [0.25, 0.3) is 0 Å². The van der Waals surface area contributed by atoms with Gasteiger partial charge < -0.3 is 9.64 Å². The number of amides is 1. The average molecular weight is 261 g/mol. The van der Waals surface area contributed by atoms with Crippen molar-refractivity contribution in [1.29, 1.82) is 0 Å². The van der Waals surface area contributed by atoms with Crippen LogP contribution in [0.3, 0.4) is 0 Å². The van der Waals surface area contributed by atoms with E-state index in [1.54, 1.807) is 0 Å². The van der Waals surface area contributed by atoms with E-state index in [4.69, 9.17) is 0 Å². The molecule has 0 aromatic carbocycles. The summed E-state index contributed by atoms with van der Waals surface area (Å²) >= 11 is 0. The lowest BCUT2D eigenvalue weighted by molar-refractivity contribution is -0.182. The van der Waals surface area contributed by atoms with Gasteiger partial charge in [0, 0.05) is 25.4 Å². The number of aromatic amines is 1. The van der Waals surface area contributed by atoms with Gasteiger partial charge >= 0.3 is 17.8 Å². The number of halogens is 2. The largest absolute Gasteiger partial charge is 0.461 e. The molecule has 1 rings (SSSR count). The predicted octanol–water partition coefficient (Wildman–Crippen LogP) is 0.566. The lowest BCUT2D eigenvalue weighted by Gasteiger charge is -2.21. The first-order chi connectivity index (χ1) is 8.39. The second-order valence-corrected chi connectivity index (χ2v) is 3.56. The van der Waals surface area contributed by atoms with E-state index in [2.05, 4.69) is 14.9 Å². The molecule has 0 aliphatic heterocycles. The van der Waals surface area contributed by atoms with Crippen LogP contribution >= 0.6 is 0 Å². The van der Waals surface area contributed by atoms with Crippen molar-refractivity contribution in [2.45, 2.75) is 19.4 Å². The number of esters is 1. The van der Waals surface area contributed by atoms with Crippen molar-refractivity contribution in [3.8, 4) is 0 Å². The van der Waals surface area contributed by atoms with Gasteiger partial charge in [-0.2, -0.15) is 13.9 Å². The molecule has 1 amide bonds. The van der Waals surface area contributed by atoms with Gasteiger partial charge in [0.1, 0.15) is 0 Å². The van der Waals surface area contributed by atoms with Crippen LogP contribution in [0, 0.1) is 0 Å². The number of ether oxygens (including phenoxy) is 1. The zero-order chi connectivity index (χ0) is 13.8. The summed E-state index contributed by atoms with van der Waals surface area (Å²) in [6.07, 6.45) is 2.86. The summed E-state index contributed by atoms with van der Waals surface area (Å²) in [6, 6.07) is 0. The maximum absolute atomic E-state index is 13.4. The highest BCUT2D eigenvalue weighted by atomic mass is 19.3. The average Bonchev–Trinajstić information content (AvgIpc) is 2.80. The van der Waals surface area contributed by atoms with Gasteiger partial charge in [0.25, 0.3) is 0 Å². The number of alkyl halides is 2. The Kier molecular flexibility index (Phi) is 4.35. The maximum atomic E-state index is 13.4. The number of nitrogens with zero attached hydrogens (tertiary/aromatic N) is 2. The number of hydrogen-bond donors (Lipinski definition) is 1. The van der Waals surface area contributed by atoms with E-state index in [1.165, 1.54) is 26.4 Å². The van der Waals surface area contributed by atoms with E-state index in [1.807, 2.05) is 0 Å². The third kappa shape index (κ3) is 3.02. The van der Waals surface area contributed by atoms with Crippen LogP contribution < -0.4 is 0 Å². The van der Waals surface area contributed by atoms with Gasteiger partial charge in [0.15, 0.2) is 0 Å². The molecule has 1 aromatic heterocycles. The Labute approximate surface area is 102 Å². The number of carbonyl (C=O) groups excluding carboxylic acids is 2. The van der Waals surface area contributed by atoms with Crippen LogP contribution in [0.4, 0.5) is 8.78 Å². The van der Waals surface area contributed by atoms with Crippen LogP contribution in [0.2, 0.25) is 0 Å². The van der Waals surface area contributed by atoms with Crippen molar-refractivity contribution >= 4 is 11.9 Å². The van der Waals surface area contributed by atoms with Crippen molar-refractivity contribution in [2.24, 2.45) is 0 Å². The Morgan fingerprint density at radius 2 is 2.22 bits per heavy atom. The molecule has 0 fully saturated rings. The van der Waals surface area contributed by atoms with Gasteiger partial charge in [-0.15, -0.1) is 0 Å². The zero-order valence-electron chi connectivity index (χ0n) is 9.94. The number of H-pyrrole nitrogens is 1. The molecule has 0 aliphatic rings. The van der Waals surface area contributed by atoms with Gasteiger partial charge in [-0.3, -0.25) is 9.89 Å². The minimum absolute atomic E-state index is 0.0790. The Balaban J connectivity index is 2.70. The third-order valence-electron chi connectivity index (χ3n) is 2.12. The standard InChI is InChI=1S/C10H13F2N3O3/c1-3-18-9(17)10(11,12)8(16)15(2)6-7-4-13-14-5-7/h4-5H,3,6H2,1-2H3,(H,13,14). The number of carbonyl (C=O) groups is 2. The Morgan fingerprint density at radius 1 is 1.56 bits per heavy atom. The molecule has 0 radical (unpaired) electrons. The topological polar surface area (TPSA) is 75.3 Å². The van der Waals surface area contributed by atoms with E-state index in [9.17, 15) is 18.4 Å². The van der Waals surface area contributed by atoms with E-state index in [0.717, 1.165) is 4.90 Å².